The van der Waals surface area contributed by atoms with Crippen molar-refractivity contribution in [3.8, 4) is 0 Å². The molecule has 2 atom stereocenters. The predicted molar refractivity (Wildman–Crippen MR) is 89.5 cm³/mol. The molecule has 1 aromatic heterocycles. The largest absolute Gasteiger partial charge is 0.377 e. The van der Waals surface area contributed by atoms with Gasteiger partial charge in [0.1, 0.15) is 0 Å². The highest BCUT2D eigenvalue weighted by molar-refractivity contribution is 7.98. The van der Waals surface area contributed by atoms with E-state index in [1.54, 1.807) is 0 Å². The van der Waals surface area contributed by atoms with Crippen LogP contribution in [0.5, 0.6) is 0 Å². The first-order valence-electron chi connectivity index (χ1n) is 7.75. The number of halogens is 1. The summed E-state index contributed by atoms with van der Waals surface area (Å²) in [6, 6.07) is 0.225. The number of hydrogen-bond acceptors (Lipinski definition) is 7. The Labute approximate surface area is 142 Å². The lowest BCUT2D eigenvalue weighted by Gasteiger charge is -2.30. The number of ether oxygens (including phenoxy) is 1. The SMILES string of the molecule is CN1CCNCC1c1noc(CSCC2CCCCO2)n1.Cl. The first-order chi connectivity index (χ1) is 10.3. The van der Waals surface area contributed by atoms with Crippen molar-refractivity contribution in [1.82, 2.24) is 20.4 Å². The van der Waals surface area contributed by atoms with E-state index in [0.29, 0.717) is 6.10 Å². The molecule has 126 valence electrons. The van der Waals surface area contributed by atoms with Crippen molar-refractivity contribution in [2.24, 2.45) is 0 Å². The highest BCUT2D eigenvalue weighted by atomic mass is 35.5. The summed E-state index contributed by atoms with van der Waals surface area (Å²) in [5, 5.41) is 7.52. The zero-order valence-corrected chi connectivity index (χ0v) is 14.6. The van der Waals surface area contributed by atoms with E-state index in [0.717, 1.165) is 49.5 Å². The van der Waals surface area contributed by atoms with E-state index in [1.165, 1.54) is 19.3 Å². The Balaban J connectivity index is 0.00000176. The van der Waals surface area contributed by atoms with Crippen LogP contribution in [0.25, 0.3) is 0 Å². The molecule has 2 saturated heterocycles. The third-order valence-electron chi connectivity index (χ3n) is 4.10. The minimum Gasteiger partial charge on any atom is -0.377 e. The van der Waals surface area contributed by atoms with E-state index in [9.17, 15) is 0 Å². The first-order valence-corrected chi connectivity index (χ1v) is 8.91. The van der Waals surface area contributed by atoms with Crippen LogP contribution in [0.1, 0.15) is 37.0 Å². The van der Waals surface area contributed by atoms with Crippen molar-refractivity contribution in [3.05, 3.63) is 11.7 Å². The Morgan fingerprint density at radius 3 is 3.09 bits per heavy atom. The van der Waals surface area contributed by atoms with E-state index in [1.807, 2.05) is 11.8 Å². The summed E-state index contributed by atoms with van der Waals surface area (Å²) in [4.78, 5) is 6.82. The monoisotopic (exact) mass is 348 g/mol. The van der Waals surface area contributed by atoms with E-state index < -0.39 is 0 Å². The number of likely N-dealkylation sites (N-methyl/N-ethyl adjacent to an activating group) is 1. The maximum Gasteiger partial charge on any atom is 0.236 e. The zero-order chi connectivity index (χ0) is 14.5. The maximum absolute atomic E-state index is 5.73. The molecule has 0 aliphatic carbocycles. The topological polar surface area (TPSA) is 63.4 Å². The Morgan fingerprint density at radius 2 is 2.32 bits per heavy atom. The van der Waals surface area contributed by atoms with Crippen LogP contribution in [0.4, 0.5) is 0 Å². The molecule has 0 bridgehead atoms. The van der Waals surface area contributed by atoms with Gasteiger partial charge in [0.25, 0.3) is 0 Å². The fraction of sp³-hybridized carbons (Fsp3) is 0.857. The second-order valence-corrected chi connectivity index (χ2v) is 6.78. The average molecular weight is 349 g/mol. The minimum atomic E-state index is 0. The number of thioether (sulfide) groups is 1. The summed E-state index contributed by atoms with van der Waals surface area (Å²) in [7, 11) is 2.11. The molecule has 6 nitrogen and oxygen atoms in total. The molecule has 2 aliphatic rings. The second-order valence-electron chi connectivity index (χ2n) is 5.75. The van der Waals surface area contributed by atoms with E-state index in [2.05, 4.69) is 27.4 Å². The molecule has 0 spiro atoms. The Kier molecular flexibility index (Phi) is 7.43. The van der Waals surface area contributed by atoms with Gasteiger partial charge in [0, 0.05) is 32.0 Å². The maximum atomic E-state index is 5.73. The molecule has 0 saturated carbocycles. The van der Waals surface area contributed by atoms with Gasteiger partial charge in [-0.05, 0) is 26.3 Å². The molecular formula is C14H25ClN4O2S. The van der Waals surface area contributed by atoms with Gasteiger partial charge in [-0.1, -0.05) is 5.16 Å². The van der Waals surface area contributed by atoms with Gasteiger partial charge in [0.2, 0.25) is 5.89 Å². The van der Waals surface area contributed by atoms with Gasteiger partial charge in [0.15, 0.2) is 5.82 Å². The van der Waals surface area contributed by atoms with Crippen molar-refractivity contribution < 1.29 is 9.26 Å². The highest BCUT2D eigenvalue weighted by Gasteiger charge is 2.25. The van der Waals surface area contributed by atoms with Crippen LogP contribution in [0.15, 0.2) is 4.52 Å². The molecule has 2 fully saturated rings. The van der Waals surface area contributed by atoms with Crippen LogP contribution >= 0.6 is 24.2 Å². The van der Waals surface area contributed by atoms with Crippen LogP contribution in [0, 0.1) is 0 Å². The van der Waals surface area contributed by atoms with Gasteiger partial charge in [-0.3, -0.25) is 4.90 Å². The van der Waals surface area contributed by atoms with Gasteiger partial charge in [-0.2, -0.15) is 4.98 Å². The average Bonchev–Trinajstić information content (AvgIpc) is 2.97. The fourth-order valence-corrected chi connectivity index (χ4v) is 3.71. The molecule has 3 rings (SSSR count). The molecule has 3 heterocycles. The normalized spacial score (nSPS) is 26.6. The van der Waals surface area contributed by atoms with Crippen molar-refractivity contribution >= 4 is 24.2 Å². The van der Waals surface area contributed by atoms with E-state index >= 15 is 0 Å². The number of hydrogen-bond donors (Lipinski definition) is 1. The highest BCUT2D eigenvalue weighted by Crippen LogP contribution is 2.21. The van der Waals surface area contributed by atoms with Crippen molar-refractivity contribution in [3.63, 3.8) is 0 Å². The van der Waals surface area contributed by atoms with Crippen molar-refractivity contribution in [2.75, 3.05) is 39.0 Å². The number of rotatable bonds is 5. The standard InChI is InChI=1S/C14H24N4O2S.ClH/c1-18-6-5-15-8-12(18)14-16-13(20-17-14)10-21-9-11-4-2-3-7-19-11;/h11-12,15H,2-10H2,1H3;1H. The lowest BCUT2D eigenvalue weighted by atomic mass is 10.1. The Bertz CT molecular complexity index is 442. The van der Waals surface area contributed by atoms with Crippen molar-refractivity contribution in [1.29, 1.82) is 0 Å². The molecule has 1 N–H and O–H groups in total. The molecule has 0 amide bonds. The lowest BCUT2D eigenvalue weighted by molar-refractivity contribution is 0.0315. The molecule has 0 radical (unpaired) electrons. The zero-order valence-electron chi connectivity index (χ0n) is 13.0. The summed E-state index contributed by atoms with van der Waals surface area (Å²) in [5.74, 6) is 3.32. The third kappa shape index (κ3) is 4.83. The third-order valence-corrected chi connectivity index (χ3v) is 5.15. The summed E-state index contributed by atoms with van der Waals surface area (Å²) in [5.41, 5.74) is 0. The second kappa shape index (κ2) is 9.08. The lowest BCUT2D eigenvalue weighted by Crippen LogP contribution is -2.44. The molecule has 2 aliphatic heterocycles. The molecule has 22 heavy (non-hydrogen) atoms. The molecule has 2 unspecified atom stereocenters. The minimum absolute atomic E-state index is 0. The summed E-state index contributed by atoms with van der Waals surface area (Å²) in [6.07, 6.45) is 4.08. The van der Waals surface area contributed by atoms with Gasteiger partial charge in [-0.25, -0.2) is 0 Å². The van der Waals surface area contributed by atoms with Crippen molar-refractivity contribution in [2.45, 2.75) is 37.2 Å². The number of aromatic nitrogens is 2. The Morgan fingerprint density at radius 1 is 1.41 bits per heavy atom. The van der Waals surface area contributed by atoms with Gasteiger partial charge < -0.3 is 14.6 Å². The number of nitrogens with one attached hydrogen (secondary N) is 1. The van der Waals surface area contributed by atoms with Crippen LogP contribution in [0.3, 0.4) is 0 Å². The van der Waals surface area contributed by atoms with E-state index in [4.69, 9.17) is 9.26 Å². The van der Waals surface area contributed by atoms with Crippen LogP contribution in [0.2, 0.25) is 0 Å². The predicted octanol–water partition coefficient (Wildman–Crippen LogP) is 1.87. The van der Waals surface area contributed by atoms with Gasteiger partial charge in [-0.15, -0.1) is 24.2 Å². The first kappa shape index (κ1) is 18.0. The summed E-state index contributed by atoms with van der Waals surface area (Å²) >= 11 is 1.82. The molecule has 0 aromatic carbocycles. The smallest absolute Gasteiger partial charge is 0.236 e. The summed E-state index contributed by atoms with van der Waals surface area (Å²) < 4.78 is 11.1. The molecule has 8 heteroatoms. The molecular weight excluding hydrogens is 324 g/mol. The summed E-state index contributed by atoms with van der Waals surface area (Å²) in [6.45, 7) is 3.84. The van der Waals surface area contributed by atoms with Crippen LogP contribution in [-0.4, -0.2) is 60.2 Å². The fourth-order valence-electron chi connectivity index (χ4n) is 2.77. The van der Waals surface area contributed by atoms with Gasteiger partial charge in [0.05, 0.1) is 17.9 Å². The number of piperazine rings is 1. The van der Waals surface area contributed by atoms with Crippen LogP contribution < -0.4 is 5.32 Å². The van der Waals surface area contributed by atoms with Gasteiger partial charge >= 0.3 is 0 Å². The van der Waals surface area contributed by atoms with E-state index in [-0.39, 0.29) is 18.4 Å². The molecule has 1 aromatic rings. The number of nitrogens with zero attached hydrogens (tertiary/aromatic N) is 3. The quantitative estimate of drug-likeness (QED) is 0.871. The Hall–Kier alpha value is -0.340. The van der Waals surface area contributed by atoms with Crippen LogP contribution in [-0.2, 0) is 10.5 Å².